The van der Waals surface area contributed by atoms with Crippen molar-refractivity contribution < 1.29 is 18.6 Å². The molecule has 4 heterocycles. The van der Waals surface area contributed by atoms with Gasteiger partial charge in [-0.2, -0.15) is 0 Å². The molecule has 0 atom stereocenters. The van der Waals surface area contributed by atoms with Crippen LogP contribution in [-0.2, 0) is 14.2 Å². The number of aromatic amines is 1. The van der Waals surface area contributed by atoms with Gasteiger partial charge in [0.15, 0.2) is 0 Å². The highest BCUT2D eigenvalue weighted by atomic mass is 19.1. The predicted molar refractivity (Wildman–Crippen MR) is 113 cm³/mol. The first-order chi connectivity index (χ1) is 14.8. The summed E-state index contributed by atoms with van der Waals surface area (Å²) < 4.78 is 28.2. The Hall–Kier alpha value is -2.29. The van der Waals surface area contributed by atoms with Gasteiger partial charge in [-0.05, 0) is 31.0 Å². The van der Waals surface area contributed by atoms with Crippen LogP contribution >= 0.6 is 0 Å². The number of hydrogen-bond donors (Lipinski definition) is 1. The zero-order valence-electron chi connectivity index (χ0n) is 17.0. The van der Waals surface area contributed by atoms with Gasteiger partial charge in [0.2, 0.25) is 0 Å². The summed E-state index contributed by atoms with van der Waals surface area (Å²) in [5.41, 5.74) is 2.37. The third kappa shape index (κ3) is 3.87. The van der Waals surface area contributed by atoms with Crippen LogP contribution in [0.1, 0.15) is 12.8 Å². The Morgan fingerprint density at radius 3 is 2.67 bits per heavy atom. The van der Waals surface area contributed by atoms with Gasteiger partial charge in [-0.3, -0.25) is 4.98 Å². The van der Waals surface area contributed by atoms with Crippen LogP contribution < -0.4 is 4.90 Å². The number of aromatic nitrogens is 3. The lowest BCUT2D eigenvalue weighted by Crippen LogP contribution is -2.64. The van der Waals surface area contributed by atoms with Crippen LogP contribution in [0.2, 0.25) is 0 Å². The highest BCUT2D eigenvalue weighted by Gasteiger charge is 2.53. The van der Waals surface area contributed by atoms with Gasteiger partial charge in [0, 0.05) is 41.7 Å². The van der Waals surface area contributed by atoms with Gasteiger partial charge in [-0.25, -0.2) is 9.37 Å². The molecule has 30 heavy (non-hydrogen) atoms. The Kier molecular flexibility index (Phi) is 5.54. The maximum atomic E-state index is 11.9. The Labute approximate surface area is 174 Å². The molecule has 0 bridgehead atoms. The van der Waals surface area contributed by atoms with Gasteiger partial charge in [-0.1, -0.05) is 0 Å². The topological polar surface area (TPSA) is 72.5 Å². The van der Waals surface area contributed by atoms with Crippen LogP contribution in [-0.4, -0.2) is 73.9 Å². The van der Waals surface area contributed by atoms with Crippen molar-refractivity contribution in [1.82, 2.24) is 15.0 Å². The summed E-state index contributed by atoms with van der Waals surface area (Å²) in [5, 5.41) is 2.23. The SMILES string of the molecule is FCCOCCOCCOC1CC2(C1)CN(c1ccc3c(n1)[nH]c1ccncc13)C2. The number of alkyl halides is 1. The van der Waals surface area contributed by atoms with Crippen molar-refractivity contribution in [2.75, 3.05) is 57.7 Å². The fraction of sp³-hybridized carbons (Fsp3) is 0.545. The van der Waals surface area contributed by atoms with E-state index in [9.17, 15) is 4.39 Å². The number of hydrogen-bond acceptors (Lipinski definition) is 6. The summed E-state index contributed by atoms with van der Waals surface area (Å²) in [7, 11) is 0. The smallest absolute Gasteiger partial charge is 0.140 e. The van der Waals surface area contributed by atoms with Crippen LogP contribution in [0, 0.1) is 5.41 Å². The van der Waals surface area contributed by atoms with Crippen molar-refractivity contribution >= 4 is 27.8 Å². The summed E-state index contributed by atoms with van der Waals surface area (Å²) in [6.45, 7) is 3.84. The lowest BCUT2D eigenvalue weighted by Gasteiger charge is -2.59. The quantitative estimate of drug-likeness (QED) is 0.514. The predicted octanol–water partition coefficient (Wildman–Crippen LogP) is 3.10. The number of nitrogens with one attached hydrogen (secondary N) is 1. The molecule has 3 aromatic rings. The number of pyridine rings is 2. The monoisotopic (exact) mass is 414 g/mol. The third-order valence-electron chi connectivity index (χ3n) is 6.12. The summed E-state index contributed by atoms with van der Waals surface area (Å²) >= 11 is 0. The van der Waals surface area contributed by atoms with Crippen molar-refractivity contribution in [2.45, 2.75) is 18.9 Å². The lowest BCUT2D eigenvalue weighted by molar-refractivity contribution is -0.105. The molecule has 1 aliphatic heterocycles. The fourth-order valence-electron chi connectivity index (χ4n) is 4.64. The Morgan fingerprint density at radius 2 is 1.83 bits per heavy atom. The second-order valence-electron chi connectivity index (χ2n) is 8.28. The Bertz CT molecular complexity index is 996. The van der Waals surface area contributed by atoms with Gasteiger partial charge in [0.1, 0.15) is 18.1 Å². The molecule has 2 fully saturated rings. The molecular weight excluding hydrogens is 387 g/mol. The molecule has 0 unspecified atom stereocenters. The summed E-state index contributed by atoms with van der Waals surface area (Å²) in [5.74, 6) is 1.03. The largest absolute Gasteiger partial charge is 0.377 e. The highest BCUT2D eigenvalue weighted by Crippen LogP contribution is 2.50. The van der Waals surface area contributed by atoms with Crippen molar-refractivity contribution in [1.29, 1.82) is 0 Å². The van der Waals surface area contributed by atoms with Crippen LogP contribution in [0.5, 0.6) is 0 Å². The van der Waals surface area contributed by atoms with Crippen molar-refractivity contribution in [3.63, 3.8) is 0 Å². The zero-order chi connectivity index (χ0) is 20.4. The average molecular weight is 414 g/mol. The van der Waals surface area contributed by atoms with Gasteiger partial charge in [-0.15, -0.1) is 0 Å². The van der Waals surface area contributed by atoms with Gasteiger partial charge in [0.25, 0.3) is 0 Å². The van der Waals surface area contributed by atoms with Gasteiger partial charge >= 0.3 is 0 Å². The first-order valence-electron chi connectivity index (χ1n) is 10.6. The highest BCUT2D eigenvalue weighted by molar-refractivity contribution is 6.05. The van der Waals surface area contributed by atoms with E-state index in [0.29, 0.717) is 37.9 Å². The average Bonchev–Trinajstić information content (AvgIpc) is 3.07. The second-order valence-corrected chi connectivity index (χ2v) is 8.28. The van der Waals surface area contributed by atoms with E-state index in [1.807, 2.05) is 12.3 Å². The van der Waals surface area contributed by atoms with Gasteiger partial charge < -0.3 is 24.1 Å². The van der Waals surface area contributed by atoms with Crippen LogP contribution in [0.15, 0.2) is 30.6 Å². The molecule has 2 aliphatic rings. The molecule has 0 amide bonds. The van der Waals surface area contributed by atoms with E-state index in [0.717, 1.165) is 53.7 Å². The molecule has 1 aliphatic carbocycles. The number of anilines is 1. The first kappa shape index (κ1) is 19.7. The van der Waals surface area contributed by atoms with Crippen LogP contribution in [0.4, 0.5) is 10.2 Å². The number of rotatable bonds is 10. The molecule has 0 radical (unpaired) electrons. The number of H-pyrrole nitrogens is 1. The standard InChI is InChI=1S/C22H27FN4O3/c23-4-6-28-7-8-29-9-10-30-16-11-22(12-16)14-27(15-22)20-2-1-17-18-13-24-5-3-19(18)25-21(17)26-20/h1-3,5,13,16H,4,6-12,14-15H2,(H,25,26). The Balaban J connectivity index is 1.05. The molecule has 1 saturated carbocycles. The molecule has 1 N–H and O–H groups in total. The normalized spacial score (nSPS) is 18.2. The van der Waals surface area contributed by atoms with Crippen molar-refractivity contribution in [3.8, 4) is 0 Å². The fourth-order valence-corrected chi connectivity index (χ4v) is 4.64. The van der Waals surface area contributed by atoms with Crippen molar-refractivity contribution in [2.24, 2.45) is 5.41 Å². The minimum atomic E-state index is -0.449. The van der Waals surface area contributed by atoms with E-state index in [4.69, 9.17) is 19.2 Å². The minimum absolute atomic E-state index is 0.143. The molecule has 0 aromatic carbocycles. The van der Waals surface area contributed by atoms with E-state index in [1.54, 1.807) is 6.20 Å². The molecule has 5 rings (SSSR count). The molecule has 1 saturated heterocycles. The molecule has 3 aromatic heterocycles. The molecule has 1 spiro atoms. The van der Waals surface area contributed by atoms with E-state index in [1.165, 1.54) is 0 Å². The minimum Gasteiger partial charge on any atom is -0.377 e. The first-order valence-corrected chi connectivity index (χ1v) is 10.6. The van der Waals surface area contributed by atoms with Crippen LogP contribution in [0.25, 0.3) is 21.9 Å². The summed E-state index contributed by atoms with van der Waals surface area (Å²) in [6, 6.07) is 6.23. The maximum absolute atomic E-state index is 11.9. The molecule has 8 heteroatoms. The maximum Gasteiger partial charge on any atom is 0.140 e. The number of nitrogens with zero attached hydrogens (tertiary/aromatic N) is 3. The van der Waals surface area contributed by atoms with Crippen molar-refractivity contribution in [3.05, 3.63) is 30.6 Å². The summed E-state index contributed by atoms with van der Waals surface area (Å²) in [4.78, 5) is 14.8. The second kappa shape index (κ2) is 8.45. The number of halogens is 1. The lowest BCUT2D eigenvalue weighted by atomic mass is 9.62. The zero-order valence-corrected chi connectivity index (χ0v) is 17.0. The van der Waals surface area contributed by atoms with E-state index in [-0.39, 0.29) is 6.61 Å². The van der Waals surface area contributed by atoms with Gasteiger partial charge in [0.05, 0.1) is 44.7 Å². The molecular formula is C22H27FN4O3. The van der Waals surface area contributed by atoms with Crippen LogP contribution in [0.3, 0.4) is 0 Å². The molecule has 7 nitrogen and oxygen atoms in total. The van der Waals surface area contributed by atoms with E-state index >= 15 is 0 Å². The van der Waals surface area contributed by atoms with E-state index in [2.05, 4.69) is 27.0 Å². The number of fused-ring (bicyclic) bond motifs is 3. The molecule has 160 valence electrons. The summed E-state index contributed by atoms with van der Waals surface area (Å²) in [6.07, 6.45) is 6.21. The number of ether oxygens (including phenoxy) is 3. The van der Waals surface area contributed by atoms with E-state index < -0.39 is 6.67 Å². The third-order valence-corrected chi connectivity index (χ3v) is 6.12. The Morgan fingerprint density at radius 1 is 1.03 bits per heavy atom.